The van der Waals surface area contributed by atoms with Gasteiger partial charge >= 0.3 is 5.97 Å². The predicted octanol–water partition coefficient (Wildman–Crippen LogP) is 3.76. The van der Waals surface area contributed by atoms with Crippen molar-refractivity contribution >= 4 is 39.3 Å². The molecule has 0 atom stereocenters. The Morgan fingerprint density at radius 2 is 2.08 bits per heavy atom. The molecule has 0 aliphatic heterocycles. The van der Waals surface area contributed by atoms with Crippen molar-refractivity contribution in [1.29, 1.82) is 0 Å². The summed E-state index contributed by atoms with van der Waals surface area (Å²) in [4.78, 5) is 32.8. The van der Waals surface area contributed by atoms with Crippen LogP contribution in [0, 0.1) is 6.92 Å². The Balaban J connectivity index is 1.71. The van der Waals surface area contributed by atoms with Crippen molar-refractivity contribution in [3.8, 4) is 0 Å². The smallest absolute Gasteiger partial charge is 0.338 e. The van der Waals surface area contributed by atoms with Crippen LogP contribution < -0.4 is 5.56 Å². The summed E-state index contributed by atoms with van der Waals surface area (Å²) in [5.41, 5.74) is 1.47. The number of rotatable bonds is 5. The molecule has 0 bridgehead atoms. The van der Waals surface area contributed by atoms with Gasteiger partial charge in [0.05, 0.1) is 17.6 Å². The lowest BCUT2D eigenvalue weighted by Crippen LogP contribution is -2.07. The first kappa shape index (κ1) is 16.7. The molecule has 124 valence electrons. The topological polar surface area (TPSA) is 72.0 Å². The van der Waals surface area contributed by atoms with E-state index in [1.807, 2.05) is 25.1 Å². The summed E-state index contributed by atoms with van der Waals surface area (Å²) >= 11 is 2.98. The fourth-order valence-corrected chi connectivity index (χ4v) is 3.96. The highest BCUT2D eigenvalue weighted by atomic mass is 32.2. The standard InChI is InChI=1S/C17H16N2O3S2/c1-3-22-16(21)12-6-4-11(5-7-12)9-23-17-18-14(20)13-8-10(2)24-15(13)19-17/h4-8H,3,9H2,1-2H3,(H,18,19,20). The summed E-state index contributed by atoms with van der Waals surface area (Å²) in [5.74, 6) is 0.336. The summed E-state index contributed by atoms with van der Waals surface area (Å²) in [7, 11) is 0. The molecule has 0 fully saturated rings. The number of fused-ring (bicyclic) bond motifs is 1. The summed E-state index contributed by atoms with van der Waals surface area (Å²) in [5, 5.41) is 1.24. The van der Waals surface area contributed by atoms with Gasteiger partial charge in [-0.2, -0.15) is 0 Å². The summed E-state index contributed by atoms with van der Waals surface area (Å²) < 4.78 is 4.96. The Bertz CT molecular complexity index is 929. The van der Waals surface area contributed by atoms with E-state index in [2.05, 4.69) is 9.97 Å². The summed E-state index contributed by atoms with van der Waals surface area (Å²) in [6, 6.07) is 9.11. The minimum Gasteiger partial charge on any atom is -0.462 e. The monoisotopic (exact) mass is 360 g/mol. The molecule has 0 saturated carbocycles. The van der Waals surface area contributed by atoms with E-state index in [9.17, 15) is 9.59 Å². The molecule has 5 nitrogen and oxygen atoms in total. The molecule has 7 heteroatoms. The van der Waals surface area contributed by atoms with Crippen molar-refractivity contribution < 1.29 is 9.53 Å². The Labute approximate surface area is 147 Å². The maximum absolute atomic E-state index is 12.1. The molecule has 1 aromatic carbocycles. The van der Waals surface area contributed by atoms with Crippen LogP contribution >= 0.6 is 23.1 Å². The van der Waals surface area contributed by atoms with Crippen LogP contribution in [0.25, 0.3) is 10.2 Å². The first-order chi connectivity index (χ1) is 11.6. The number of thiophene rings is 1. The lowest BCUT2D eigenvalue weighted by Gasteiger charge is -2.04. The number of carbonyl (C=O) groups is 1. The molecule has 0 radical (unpaired) electrons. The third kappa shape index (κ3) is 3.68. The Morgan fingerprint density at radius 1 is 1.33 bits per heavy atom. The fourth-order valence-electron chi connectivity index (χ4n) is 2.20. The number of H-pyrrole nitrogens is 1. The zero-order chi connectivity index (χ0) is 17.1. The molecule has 0 spiro atoms. The van der Waals surface area contributed by atoms with Crippen molar-refractivity contribution in [3.63, 3.8) is 0 Å². The molecular weight excluding hydrogens is 344 g/mol. The SMILES string of the molecule is CCOC(=O)c1ccc(CSc2nc3sc(C)cc3c(=O)[nH]2)cc1. The molecule has 24 heavy (non-hydrogen) atoms. The molecule has 0 aliphatic carbocycles. The van der Waals surface area contributed by atoms with E-state index in [0.717, 1.165) is 15.3 Å². The molecule has 0 unspecified atom stereocenters. The van der Waals surface area contributed by atoms with Crippen LogP contribution in [0.15, 0.2) is 40.3 Å². The molecule has 0 aliphatic rings. The molecule has 3 aromatic rings. The number of hydrogen-bond donors (Lipinski definition) is 1. The number of carbonyl (C=O) groups excluding carboxylic acids is 1. The van der Waals surface area contributed by atoms with E-state index < -0.39 is 0 Å². The normalized spacial score (nSPS) is 10.9. The zero-order valence-corrected chi connectivity index (χ0v) is 14.9. The number of aryl methyl sites for hydroxylation is 1. The molecular formula is C17H16N2O3S2. The van der Waals surface area contributed by atoms with Gasteiger partial charge in [0.15, 0.2) is 5.16 Å². The minimum atomic E-state index is -0.318. The summed E-state index contributed by atoms with van der Waals surface area (Å²) in [6.07, 6.45) is 0. The van der Waals surface area contributed by atoms with Crippen molar-refractivity contribution in [2.75, 3.05) is 6.61 Å². The molecule has 2 heterocycles. The number of nitrogens with one attached hydrogen (secondary N) is 1. The van der Waals surface area contributed by atoms with Gasteiger partial charge in [0.25, 0.3) is 5.56 Å². The van der Waals surface area contributed by atoms with Gasteiger partial charge in [-0.25, -0.2) is 9.78 Å². The van der Waals surface area contributed by atoms with E-state index in [4.69, 9.17) is 4.74 Å². The average molecular weight is 360 g/mol. The van der Waals surface area contributed by atoms with Gasteiger partial charge in [0, 0.05) is 10.6 Å². The van der Waals surface area contributed by atoms with Crippen molar-refractivity contribution in [2.24, 2.45) is 0 Å². The van der Waals surface area contributed by atoms with Crippen LogP contribution in [0.4, 0.5) is 0 Å². The number of esters is 1. The van der Waals surface area contributed by atoms with Crippen LogP contribution in [-0.2, 0) is 10.5 Å². The van der Waals surface area contributed by atoms with E-state index in [-0.39, 0.29) is 11.5 Å². The van der Waals surface area contributed by atoms with Gasteiger partial charge in [-0.3, -0.25) is 4.79 Å². The zero-order valence-electron chi connectivity index (χ0n) is 13.3. The number of thioether (sulfide) groups is 1. The van der Waals surface area contributed by atoms with E-state index in [1.54, 1.807) is 19.1 Å². The molecule has 3 rings (SSSR count). The largest absolute Gasteiger partial charge is 0.462 e. The average Bonchev–Trinajstić information content (AvgIpc) is 2.94. The van der Waals surface area contributed by atoms with Gasteiger partial charge in [-0.05, 0) is 37.6 Å². The highest BCUT2D eigenvalue weighted by Crippen LogP contribution is 2.24. The maximum atomic E-state index is 12.1. The molecule has 0 saturated heterocycles. The van der Waals surface area contributed by atoms with Gasteiger partial charge in [0.1, 0.15) is 4.83 Å². The van der Waals surface area contributed by atoms with Crippen LogP contribution in [0.1, 0.15) is 27.7 Å². The van der Waals surface area contributed by atoms with Crippen LogP contribution in [0.5, 0.6) is 0 Å². The number of benzene rings is 1. The number of hydrogen-bond acceptors (Lipinski definition) is 6. The second-order valence-corrected chi connectivity index (χ2v) is 7.35. The second-order valence-electron chi connectivity index (χ2n) is 5.15. The van der Waals surface area contributed by atoms with Gasteiger partial charge in [0.2, 0.25) is 0 Å². The second kappa shape index (κ2) is 7.19. The van der Waals surface area contributed by atoms with Crippen molar-refractivity contribution in [3.05, 3.63) is 56.7 Å². The Morgan fingerprint density at radius 3 is 2.79 bits per heavy atom. The van der Waals surface area contributed by atoms with Gasteiger partial charge < -0.3 is 9.72 Å². The van der Waals surface area contributed by atoms with Gasteiger partial charge in [-0.15, -0.1) is 11.3 Å². The Hall–Kier alpha value is -2.12. The van der Waals surface area contributed by atoms with E-state index >= 15 is 0 Å². The van der Waals surface area contributed by atoms with E-state index in [1.165, 1.54) is 23.1 Å². The van der Waals surface area contributed by atoms with Crippen LogP contribution in [0.2, 0.25) is 0 Å². The lowest BCUT2D eigenvalue weighted by molar-refractivity contribution is 0.0526. The predicted molar refractivity (Wildman–Crippen MR) is 96.9 cm³/mol. The summed E-state index contributed by atoms with van der Waals surface area (Å²) in [6.45, 7) is 4.10. The number of ether oxygens (including phenoxy) is 1. The highest BCUT2D eigenvalue weighted by Gasteiger charge is 2.09. The molecule has 2 aromatic heterocycles. The van der Waals surface area contributed by atoms with Crippen molar-refractivity contribution in [1.82, 2.24) is 9.97 Å². The Kier molecular flexibility index (Phi) is 5.01. The third-order valence-corrected chi connectivity index (χ3v) is 5.23. The van der Waals surface area contributed by atoms with Crippen molar-refractivity contribution in [2.45, 2.75) is 24.8 Å². The van der Waals surface area contributed by atoms with Crippen LogP contribution in [-0.4, -0.2) is 22.5 Å². The third-order valence-electron chi connectivity index (χ3n) is 3.34. The quantitative estimate of drug-likeness (QED) is 0.426. The minimum absolute atomic E-state index is 0.107. The molecule has 1 N–H and O–H groups in total. The highest BCUT2D eigenvalue weighted by molar-refractivity contribution is 7.98. The molecule has 0 amide bonds. The first-order valence-electron chi connectivity index (χ1n) is 7.46. The maximum Gasteiger partial charge on any atom is 0.338 e. The lowest BCUT2D eigenvalue weighted by atomic mass is 10.1. The van der Waals surface area contributed by atoms with E-state index in [0.29, 0.717) is 28.5 Å². The number of nitrogens with zero attached hydrogens (tertiary/aromatic N) is 1. The van der Waals surface area contributed by atoms with Crippen LogP contribution in [0.3, 0.4) is 0 Å². The number of aromatic amines is 1. The first-order valence-corrected chi connectivity index (χ1v) is 9.26. The fraction of sp³-hybridized carbons (Fsp3) is 0.235. The number of aromatic nitrogens is 2. The van der Waals surface area contributed by atoms with Gasteiger partial charge in [-0.1, -0.05) is 23.9 Å².